The number of hydrogen-bond acceptors (Lipinski definition) is 5. The number of nitrogens with zero attached hydrogens (tertiary/aromatic N) is 5. The molecular formula is C19H23N5O2. The molecule has 0 aliphatic carbocycles. The lowest BCUT2D eigenvalue weighted by Crippen LogP contribution is -2.43. The van der Waals surface area contributed by atoms with Gasteiger partial charge in [0.2, 0.25) is 11.8 Å². The van der Waals surface area contributed by atoms with Crippen LogP contribution in [0.2, 0.25) is 0 Å². The zero-order valence-corrected chi connectivity index (χ0v) is 15.1. The number of ether oxygens (including phenoxy) is 1. The van der Waals surface area contributed by atoms with Crippen LogP contribution in [0.3, 0.4) is 0 Å². The first-order valence-corrected chi connectivity index (χ1v) is 8.81. The zero-order valence-electron chi connectivity index (χ0n) is 15.1. The Bertz CT molecular complexity index is 836. The van der Waals surface area contributed by atoms with Gasteiger partial charge in [-0.2, -0.15) is 0 Å². The first-order valence-electron chi connectivity index (χ1n) is 8.81. The molecule has 0 aromatic carbocycles. The predicted molar refractivity (Wildman–Crippen MR) is 96.6 cm³/mol. The van der Waals surface area contributed by atoms with Gasteiger partial charge in [-0.15, -0.1) is 0 Å². The lowest BCUT2D eigenvalue weighted by atomic mass is 9.96. The van der Waals surface area contributed by atoms with E-state index in [1.165, 1.54) is 0 Å². The summed E-state index contributed by atoms with van der Waals surface area (Å²) in [6.07, 6.45) is 7.62. The number of rotatable bonds is 4. The monoisotopic (exact) mass is 353 g/mol. The second kappa shape index (κ2) is 6.92. The number of carbonyl (C=O) groups excluding carboxylic acids is 1. The van der Waals surface area contributed by atoms with Crippen molar-refractivity contribution in [2.45, 2.75) is 19.0 Å². The number of amides is 1. The molecule has 0 bridgehead atoms. The summed E-state index contributed by atoms with van der Waals surface area (Å²) in [5.74, 6) is 0.599. The highest BCUT2D eigenvalue weighted by Gasteiger charge is 2.36. The molecule has 0 saturated heterocycles. The van der Waals surface area contributed by atoms with Gasteiger partial charge >= 0.3 is 0 Å². The topological polar surface area (TPSA) is 63.5 Å². The summed E-state index contributed by atoms with van der Waals surface area (Å²) >= 11 is 0. The smallest absolute Gasteiger partial charge is 0.233 e. The van der Waals surface area contributed by atoms with Crippen molar-refractivity contribution in [3.05, 3.63) is 53.8 Å². The molecule has 2 aliphatic heterocycles. The average Bonchev–Trinajstić information content (AvgIpc) is 3.31. The Kier molecular flexibility index (Phi) is 4.46. The first-order chi connectivity index (χ1) is 12.7. The molecule has 2 aliphatic rings. The molecule has 4 rings (SSSR count). The largest absolute Gasteiger partial charge is 0.481 e. The van der Waals surface area contributed by atoms with E-state index in [2.05, 4.69) is 14.9 Å². The second-order valence-corrected chi connectivity index (χ2v) is 6.80. The molecule has 26 heavy (non-hydrogen) atoms. The van der Waals surface area contributed by atoms with Crippen LogP contribution in [0.15, 0.2) is 36.8 Å². The Balaban J connectivity index is 1.60. The van der Waals surface area contributed by atoms with Gasteiger partial charge in [-0.25, -0.2) is 9.97 Å². The fourth-order valence-electron chi connectivity index (χ4n) is 3.84. The van der Waals surface area contributed by atoms with E-state index in [4.69, 9.17) is 4.74 Å². The summed E-state index contributed by atoms with van der Waals surface area (Å²) in [4.78, 5) is 26.1. The van der Waals surface area contributed by atoms with Gasteiger partial charge in [0.05, 0.1) is 30.7 Å². The fraction of sp³-hybridized carbons (Fsp3) is 0.421. The summed E-state index contributed by atoms with van der Waals surface area (Å²) in [6.45, 7) is 3.45. The molecule has 136 valence electrons. The Morgan fingerprint density at radius 2 is 2.12 bits per heavy atom. The molecule has 2 aromatic heterocycles. The maximum absolute atomic E-state index is 13.1. The number of aryl methyl sites for hydroxylation is 1. The highest BCUT2D eigenvalue weighted by Crippen LogP contribution is 2.31. The van der Waals surface area contributed by atoms with E-state index in [9.17, 15) is 4.79 Å². The van der Waals surface area contributed by atoms with Crippen LogP contribution >= 0.6 is 0 Å². The molecule has 0 saturated carbocycles. The van der Waals surface area contributed by atoms with Crippen molar-refractivity contribution in [3.63, 3.8) is 0 Å². The quantitative estimate of drug-likeness (QED) is 0.776. The summed E-state index contributed by atoms with van der Waals surface area (Å²) in [6, 6.07) is 3.92. The third kappa shape index (κ3) is 2.99. The van der Waals surface area contributed by atoms with Crippen LogP contribution < -0.4 is 4.74 Å². The maximum atomic E-state index is 13.1. The average molecular weight is 353 g/mol. The predicted octanol–water partition coefficient (Wildman–Crippen LogP) is 1.32. The number of fused-ring (bicyclic) bond motifs is 1. The molecule has 0 radical (unpaired) electrons. The van der Waals surface area contributed by atoms with Gasteiger partial charge < -0.3 is 14.2 Å². The number of aromatic nitrogens is 3. The van der Waals surface area contributed by atoms with Crippen LogP contribution in [0.25, 0.3) is 0 Å². The summed E-state index contributed by atoms with van der Waals surface area (Å²) in [5.41, 5.74) is 3.03. The van der Waals surface area contributed by atoms with E-state index in [-0.39, 0.29) is 11.8 Å². The van der Waals surface area contributed by atoms with E-state index in [0.29, 0.717) is 32.1 Å². The van der Waals surface area contributed by atoms with Crippen molar-refractivity contribution >= 4 is 5.91 Å². The standard InChI is InChI=1S/C19H23N5O2/c1-22-13-21-16-12-23(10-14-6-5-7-20-18(14)26-2)11-15(17(16)22)19(25)24-8-3-4-9-24/h3-7,13,15H,8-12H2,1-2H3/t15-/m1/s1. The van der Waals surface area contributed by atoms with E-state index < -0.39 is 0 Å². The minimum atomic E-state index is -0.200. The number of carbonyl (C=O) groups is 1. The van der Waals surface area contributed by atoms with Crippen molar-refractivity contribution in [1.82, 2.24) is 24.3 Å². The minimum absolute atomic E-state index is 0.169. The number of methoxy groups -OCH3 is 1. The van der Waals surface area contributed by atoms with Crippen molar-refractivity contribution in [3.8, 4) is 5.88 Å². The molecule has 4 heterocycles. The third-order valence-electron chi connectivity index (χ3n) is 5.07. The summed E-state index contributed by atoms with van der Waals surface area (Å²) < 4.78 is 7.36. The van der Waals surface area contributed by atoms with Gasteiger partial charge in [0.1, 0.15) is 0 Å². The molecule has 2 aromatic rings. The van der Waals surface area contributed by atoms with E-state index in [0.717, 1.165) is 23.5 Å². The highest BCUT2D eigenvalue weighted by atomic mass is 16.5. The van der Waals surface area contributed by atoms with E-state index in [1.807, 2.05) is 40.8 Å². The van der Waals surface area contributed by atoms with Crippen molar-refractivity contribution in [2.75, 3.05) is 26.7 Å². The van der Waals surface area contributed by atoms with Gasteiger partial charge in [0.25, 0.3) is 0 Å². The van der Waals surface area contributed by atoms with Crippen LogP contribution in [-0.4, -0.2) is 57.0 Å². The van der Waals surface area contributed by atoms with E-state index >= 15 is 0 Å². The molecule has 0 spiro atoms. The molecule has 0 unspecified atom stereocenters. The molecule has 0 fully saturated rings. The molecule has 0 N–H and O–H groups in total. The van der Waals surface area contributed by atoms with Crippen molar-refractivity contribution in [2.24, 2.45) is 7.05 Å². The van der Waals surface area contributed by atoms with Crippen LogP contribution in [-0.2, 0) is 24.9 Å². The van der Waals surface area contributed by atoms with E-state index in [1.54, 1.807) is 19.6 Å². The maximum Gasteiger partial charge on any atom is 0.233 e. The van der Waals surface area contributed by atoms with Crippen molar-refractivity contribution in [1.29, 1.82) is 0 Å². The van der Waals surface area contributed by atoms with Gasteiger partial charge in [0, 0.05) is 51.5 Å². The van der Waals surface area contributed by atoms with Crippen LogP contribution in [0.5, 0.6) is 5.88 Å². The highest BCUT2D eigenvalue weighted by molar-refractivity contribution is 5.84. The Morgan fingerprint density at radius 1 is 1.31 bits per heavy atom. The lowest BCUT2D eigenvalue weighted by Gasteiger charge is -2.34. The fourth-order valence-corrected chi connectivity index (χ4v) is 3.84. The number of hydrogen-bond donors (Lipinski definition) is 0. The van der Waals surface area contributed by atoms with Gasteiger partial charge in [-0.3, -0.25) is 9.69 Å². The SMILES string of the molecule is COc1ncccc1CN1Cc2ncn(C)c2[C@H](C(=O)N2CC=CC2)C1. The van der Waals surface area contributed by atoms with Gasteiger partial charge in [0.15, 0.2) is 0 Å². The third-order valence-corrected chi connectivity index (χ3v) is 5.07. The van der Waals surface area contributed by atoms with Gasteiger partial charge in [-0.05, 0) is 6.07 Å². The van der Waals surface area contributed by atoms with Crippen LogP contribution in [0.4, 0.5) is 0 Å². The Morgan fingerprint density at radius 3 is 2.88 bits per heavy atom. The summed E-state index contributed by atoms with van der Waals surface area (Å²) in [7, 11) is 3.60. The van der Waals surface area contributed by atoms with Crippen LogP contribution in [0.1, 0.15) is 22.9 Å². The summed E-state index contributed by atoms with van der Waals surface area (Å²) in [5, 5.41) is 0. The second-order valence-electron chi connectivity index (χ2n) is 6.80. The normalized spacial score (nSPS) is 19.6. The van der Waals surface area contributed by atoms with Crippen LogP contribution in [0, 0.1) is 0 Å². The number of imidazole rings is 1. The Labute approximate surface area is 152 Å². The Hall–Kier alpha value is -2.67. The molecule has 1 atom stereocenters. The lowest BCUT2D eigenvalue weighted by molar-refractivity contribution is -0.132. The molecule has 1 amide bonds. The first kappa shape index (κ1) is 16.8. The molecule has 7 heteroatoms. The number of pyridine rings is 1. The molecule has 7 nitrogen and oxygen atoms in total. The molecular weight excluding hydrogens is 330 g/mol. The van der Waals surface area contributed by atoms with Gasteiger partial charge in [-0.1, -0.05) is 18.2 Å². The van der Waals surface area contributed by atoms with Crippen molar-refractivity contribution < 1.29 is 9.53 Å². The zero-order chi connectivity index (χ0) is 18.1. The minimum Gasteiger partial charge on any atom is -0.481 e.